The Morgan fingerprint density at radius 1 is 1.28 bits per heavy atom. The topological polar surface area (TPSA) is 59.4 Å². The quantitative estimate of drug-likeness (QED) is 0.921. The minimum absolute atomic E-state index is 0.0314. The Hall–Kier alpha value is -2.07. The van der Waals surface area contributed by atoms with Crippen LogP contribution < -0.4 is 4.74 Å². The Morgan fingerprint density at radius 2 is 2.00 bits per heavy atom. The molecule has 0 unspecified atom stereocenters. The molecule has 0 saturated carbocycles. The third-order valence-corrected chi connectivity index (χ3v) is 2.65. The lowest BCUT2D eigenvalue weighted by atomic mass is 10.2. The van der Waals surface area contributed by atoms with Gasteiger partial charge in [0.1, 0.15) is 12.4 Å². The number of hydrogen-bond donors (Lipinski definition) is 1. The second-order valence-electron chi connectivity index (χ2n) is 3.59. The molecule has 0 fully saturated rings. The number of carboxylic acid groups (broad SMARTS) is 1. The maximum atomic E-state index is 10.9. The Balaban J connectivity index is 2.11. The van der Waals surface area contributed by atoms with Crippen molar-refractivity contribution in [1.29, 1.82) is 0 Å². The van der Waals surface area contributed by atoms with Gasteiger partial charge in [0.2, 0.25) is 0 Å². The molecule has 2 aromatic rings. The van der Waals surface area contributed by atoms with E-state index in [-0.39, 0.29) is 10.6 Å². The molecule has 0 atom stereocenters. The summed E-state index contributed by atoms with van der Waals surface area (Å²) in [5, 5.41) is 9.12. The van der Waals surface area contributed by atoms with Crippen molar-refractivity contribution < 1.29 is 14.6 Å². The number of hydrogen-bond acceptors (Lipinski definition) is 3. The van der Waals surface area contributed by atoms with Gasteiger partial charge in [0.15, 0.2) is 0 Å². The van der Waals surface area contributed by atoms with Gasteiger partial charge in [0, 0.05) is 12.4 Å². The van der Waals surface area contributed by atoms with Crippen molar-refractivity contribution in [3.05, 3.63) is 58.9 Å². The van der Waals surface area contributed by atoms with E-state index in [2.05, 4.69) is 4.98 Å². The summed E-state index contributed by atoms with van der Waals surface area (Å²) >= 11 is 5.76. The molecule has 0 aliphatic heterocycles. The summed E-state index contributed by atoms with van der Waals surface area (Å²) in [4.78, 5) is 14.8. The Labute approximate surface area is 109 Å². The number of carboxylic acids is 1. The van der Waals surface area contributed by atoms with Crippen molar-refractivity contribution in [1.82, 2.24) is 4.98 Å². The Kier molecular flexibility index (Phi) is 3.79. The molecule has 18 heavy (non-hydrogen) atoms. The molecule has 1 N–H and O–H groups in total. The fraction of sp³-hybridized carbons (Fsp3) is 0.0769. The normalized spacial score (nSPS) is 10.1. The van der Waals surface area contributed by atoms with Crippen molar-refractivity contribution in [2.24, 2.45) is 0 Å². The van der Waals surface area contributed by atoms with Crippen LogP contribution in [-0.2, 0) is 6.61 Å². The molecule has 4 nitrogen and oxygen atoms in total. The van der Waals surface area contributed by atoms with Crippen LogP contribution in [0.25, 0.3) is 0 Å². The van der Waals surface area contributed by atoms with Gasteiger partial charge < -0.3 is 9.84 Å². The standard InChI is InChI=1S/C13H10ClNO3/c14-12-2-1-10(7-11(12)13(16)17)18-8-9-3-5-15-6-4-9/h1-7H,8H2,(H,16,17). The summed E-state index contributed by atoms with van der Waals surface area (Å²) in [5.74, 6) is -0.608. The molecule has 1 heterocycles. The number of ether oxygens (including phenoxy) is 1. The lowest BCUT2D eigenvalue weighted by Gasteiger charge is -2.07. The molecular weight excluding hydrogens is 254 g/mol. The van der Waals surface area contributed by atoms with E-state index < -0.39 is 5.97 Å². The highest BCUT2D eigenvalue weighted by Crippen LogP contribution is 2.22. The number of aromatic nitrogens is 1. The van der Waals surface area contributed by atoms with Crippen molar-refractivity contribution in [2.45, 2.75) is 6.61 Å². The predicted molar refractivity (Wildman–Crippen MR) is 67.0 cm³/mol. The van der Waals surface area contributed by atoms with E-state index in [0.29, 0.717) is 12.4 Å². The number of nitrogens with zero attached hydrogens (tertiary/aromatic N) is 1. The number of halogens is 1. The number of carbonyl (C=O) groups is 1. The van der Waals surface area contributed by atoms with E-state index in [4.69, 9.17) is 21.4 Å². The van der Waals surface area contributed by atoms with Crippen LogP contribution in [0.2, 0.25) is 5.02 Å². The smallest absolute Gasteiger partial charge is 0.337 e. The van der Waals surface area contributed by atoms with Crippen molar-refractivity contribution >= 4 is 17.6 Å². The molecule has 1 aromatic heterocycles. The number of rotatable bonds is 4. The molecule has 92 valence electrons. The molecule has 0 aliphatic carbocycles. The first kappa shape index (κ1) is 12.4. The molecule has 0 amide bonds. The van der Waals surface area contributed by atoms with E-state index in [1.807, 2.05) is 12.1 Å². The van der Waals surface area contributed by atoms with Gasteiger partial charge in [-0.15, -0.1) is 0 Å². The first-order valence-electron chi connectivity index (χ1n) is 5.21. The van der Waals surface area contributed by atoms with Gasteiger partial charge in [0.05, 0.1) is 10.6 Å². The van der Waals surface area contributed by atoms with Gasteiger partial charge in [-0.3, -0.25) is 4.98 Å². The van der Waals surface area contributed by atoms with Gasteiger partial charge in [0.25, 0.3) is 0 Å². The number of benzene rings is 1. The van der Waals surface area contributed by atoms with Crippen LogP contribution in [0.1, 0.15) is 15.9 Å². The summed E-state index contributed by atoms with van der Waals surface area (Å²) in [5.41, 5.74) is 0.987. The van der Waals surface area contributed by atoms with E-state index in [9.17, 15) is 4.79 Å². The fourth-order valence-electron chi connectivity index (χ4n) is 1.40. The fourth-order valence-corrected chi connectivity index (χ4v) is 1.60. The minimum Gasteiger partial charge on any atom is -0.489 e. The van der Waals surface area contributed by atoms with Crippen LogP contribution >= 0.6 is 11.6 Å². The molecule has 0 bridgehead atoms. The number of pyridine rings is 1. The summed E-state index contributed by atoms with van der Waals surface area (Å²) in [6, 6.07) is 8.21. The van der Waals surface area contributed by atoms with E-state index >= 15 is 0 Å². The minimum atomic E-state index is -1.07. The average molecular weight is 264 g/mol. The zero-order chi connectivity index (χ0) is 13.0. The SMILES string of the molecule is O=C(O)c1cc(OCc2ccncc2)ccc1Cl. The maximum absolute atomic E-state index is 10.9. The summed E-state index contributed by atoms with van der Waals surface area (Å²) in [6.07, 6.45) is 3.34. The molecular formula is C13H10ClNO3. The second-order valence-corrected chi connectivity index (χ2v) is 4.00. The molecule has 5 heteroatoms. The average Bonchev–Trinajstić information content (AvgIpc) is 2.38. The largest absolute Gasteiger partial charge is 0.489 e. The van der Waals surface area contributed by atoms with Gasteiger partial charge in [-0.1, -0.05) is 11.6 Å². The zero-order valence-electron chi connectivity index (χ0n) is 9.34. The molecule has 0 aliphatic rings. The van der Waals surface area contributed by atoms with Gasteiger partial charge in [-0.05, 0) is 35.9 Å². The van der Waals surface area contributed by atoms with Crippen LogP contribution in [0.5, 0.6) is 5.75 Å². The van der Waals surface area contributed by atoms with E-state index in [1.54, 1.807) is 18.5 Å². The van der Waals surface area contributed by atoms with E-state index in [0.717, 1.165) is 5.56 Å². The third kappa shape index (κ3) is 2.99. The molecule has 0 radical (unpaired) electrons. The third-order valence-electron chi connectivity index (χ3n) is 2.32. The monoisotopic (exact) mass is 263 g/mol. The van der Waals surface area contributed by atoms with E-state index in [1.165, 1.54) is 12.1 Å². The highest BCUT2D eigenvalue weighted by atomic mass is 35.5. The Bertz CT molecular complexity index is 557. The first-order chi connectivity index (χ1) is 8.66. The second kappa shape index (κ2) is 5.51. The summed E-state index contributed by atoms with van der Waals surface area (Å²) in [7, 11) is 0. The molecule has 1 aromatic carbocycles. The molecule has 0 saturated heterocycles. The first-order valence-corrected chi connectivity index (χ1v) is 5.59. The molecule has 0 spiro atoms. The Morgan fingerprint density at radius 3 is 2.67 bits per heavy atom. The van der Waals surface area contributed by atoms with Gasteiger partial charge in [-0.25, -0.2) is 4.79 Å². The van der Waals surface area contributed by atoms with Crippen molar-refractivity contribution in [3.63, 3.8) is 0 Å². The lowest BCUT2D eigenvalue weighted by Crippen LogP contribution is -2.00. The van der Waals surface area contributed by atoms with Gasteiger partial charge in [-0.2, -0.15) is 0 Å². The maximum Gasteiger partial charge on any atom is 0.337 e. The number of aromatic carboxylic acids is 1. The highest BCUT2D eigenvalue weighted by molar-refractivity contribution is 6.33. The van der Waals surface area contributed by atoms with Gasteiger partial charge >= 0.3 is 5.97 Å². The van der Waals surface area contributed by atoms with Crippen LogP contribution in [0.3, 0.4) is 0 Å². The van der Waals surface area contributed by atoms with Crippen LogP contribution in [-0.4, -0.2) is 16.1 Å². The van der Waals surface area contributed by atoms with Crippen molar-refractivity contribution in [2.75, 3.05) is 0 Å². The highest BCUT2D eigenvalue weighted by Gasteiger charge is 2.09. The van der Waals surface area contributed by atoms with Crippen LogP contribution in [0.4, 0.5) is 0 Å². The van der Waals surface area contributed by atoms with Crippen molar-refractivity contribution in [3.8, 4) is 5.75 Å². The lowest BCUT2D eigenvalue weighted by molar-refractivity contribution is 0.0696. The molecule has 2 rings (SSSR count). The van der Waals surface area contributed by atoms with Crippen LogP contribution in [0, 0.1) is 0 Å². The predicted octanol–water partition coefficient (Wildman–Crippen LogP) is 3.01. The summed E-state index contributed by atoms with van der Waals surface area (Å²) < 4.78 is 5.49. The summed E-state index contributed by atoms with van der Waals surface area (Å²) in [6.45, 7) is 0.350. The zero-order valence-corrected chi connectivity index (χ0v) is 10.1. The van der Waals surface area contributed by atoms with Crippen LogP contribution in [0.15, 0.2) is 42.7 Å².